The summed E-state index contributed by atoms with van der Waals surface area (Å²) in [7, 11) is 0. The summed E-state index contributed by atoms with van der Waals surface area (Å²) in [5.74, 6) is 0. The largest absolute Gasteiger partial charge is 0.372 e. The molecular formula is C19H22N2S. The lowest BCUT2D eigenvalue weighted by Gasteiger charge is -2.28. The average Bonchev–Trinajstić information content (AvgIpc) is 2.61. The minimum Gasteiger partial charge on any atom is -0.372 e. The SMILES string of the molecule is CSc1ccc(C=Nc2ccc(N3CCCCC3)cc2)cc1. The van der Waals surface area contributed by atoms with E-state index in [1.54, 1.807) is 11.8 Å². The highest BCUT2D eigenvalue weighted by molar-refractivity contribution is 7.98. The van der Waals surface area contributed by atoms with Crippen LogP contribution in [0.5, 0.6) is 0 Å². The van der Waals surface area contributed by atoms with Gasteiger partial charge in [-0.2, -0.15) is 0 Å². The smallest absolute Gasteiger partial charge is 0.0631 e. The Morgan fingerprint density at radius 1 is 0.909 bits per heavy atom. The number of aliphatic imine (C=N–C) groups is 1. The molecule has 22 heavy (non-hydrogen) atoms. The van der Waals surface area contributed by atoms with Crippen LogP contribution in [0.1, 0.15) is 24.8 Å². The van der Waals surface area contributed by atoms with Crippen molar-refractivity contribution >= 4 is 29.4 Å². The third kappa shape index (κ3) is 3.92. The van der Waals surface area contributed by atoms with Crippen LogP contribution < -0.4 is 4.90 Å². The van der Waals surface area contributed by atoms with Gasteiger partial charge in [-0.05, 0) is 67.5 Å². The Morgan fingerprint density at radius 3 is 2.23 bits per heavy atom. The van der Waals surface area contributed by atoms with E-state index in [1.807, 2.05) is 6.21 Å². The van der Waals surface area contributed by atoms with Gasteiger partial charge in [-0.15, -0.1) is 11.8 Å². The number of rotatable bonds is 4. The minimum absolute atomic E-state index is 1.01. The molecule has 0 bridgehead atoms. The first-order valence-electron chi connectivity index (χ1n) is 7.88. The first kappa shape index (κ1) is 15.2. The molecule has 0 radical (unpaired) electrons. The van der Waals surface area contributed by atoms with Gasteiger partial charge in [0, 0.05) is 29.9 Å². The lowest BCUT2D eigenvalue weighted by atomic mass is 10.1. The van der Waals surface area contributed by atoms with Crippen molar-refractivity contribution in [1.29, 1.82) is 0 Å². The molecule has 3 rings (SSSR count). The van der Waals surface area contributed by atoms with Crippen molar-refractivity contribution < 1.29 is 0 Å². The maximum Gasteiger partial charge on any atom is 0.0631 e. The quantitative estimate of drug-likeness (QED) is 0.573. The molecule has 0 aliphatic carbocycles. The number of thioether (sulfide) groups is 1. The van der Waals surface area contributed by atoms with Gasteiger partial charge in [0.05, 0.1) is 5.69 Å². The number of anilines is 1. The Kier molecular flexibility index (Phi) is 5.17. The van der Waals surface area contributed by atoms with Crippen LogP contribution in [0.3, 0.4) is 0 Å². The van der Waals surface area contributed by atoms with E-state index in [0.29, 0.717) is 0 Å². The highest BCUT2D eigenvalue weighted by Crippen LogP contribution is 2.23. The molecule has 2 nitrogen and oxygen atoms in total. The molecule has 1 heterocycles. The van der Waals surface area contributed by atoms with Gasteiger partial charge in [0.25, 0.3) is 0 Å². The number of hydrogen-bond donors (Lipinski definition) is 0. The topological polar surface area (TPSA) is 15.6 Å². The Labute approximate surface area is 137 Å². The Balaban J connectivity index is 1.65. The van der Waals surface area contributed by atoms with Crippen LogP contribution in [0.2, 0.25) is 0 Å². The van der Waals surface area contributed by atoms with Gasteiger partial charge in [-0.25, -0.2) is 0 Å². The molecule has 0 N–H and O–H groups in total. The van der Waals surface area contributed by atoms with Crippen molar-refractivity contribution in [3.63, 3.8) is 0 Å². The predicted octanol–water partition coefficient (Wildman–Crippen LogP) is 5.15. The highest BCUT2D eigenvalue weighted by atomic mass is 32.2. The van der Waals surface area contributed by atoms with E-state index in [2.05, 4.69) is 64.7 Å². The van der Waals surface area contributed by atoms with Crippen molar-refractivity contribution in [2.24, 2.45) is 4.99 Å². The van der Waals surface area contributed by atoms with Crippen molar-refractivity contribution in [2.45, 2.75) is 24.2 Å². The van der Waals surface area contributed by atoms with E-state index in [1.165, 1.54) is 42.9 Å². The fraction of sp³-hybridized carbons (Fsp3) is 0.316. The molecule has 1 aliphatic heterocycles. The fourth-order valence-electron chi connectivity index (χ4n) is 2.74. The second-order valence-corrected chi connectivity index (χ2v) is 6.48. The van der Waals surface area contributed by atoms with E-state index in [4.69, 9.17) is 0 Å². The fourth-order valence-corrected chi connectivity index (χ4v) is 3.15. The zero-order valence-corrected chi connectivity index (χ0v) is 13.9. The zero-order valence-electron chi connectivity index (χ0n) is 13.0. The van der Waals surface area contributed by atoms with Crippen molar-refractivity contribution in [2.75, 3.05) is 24.2 Å². The van der Waals surface area contributed by atoms with Gasteiger partial charge in [-0.1, -0.05) is 12.1 Å². The lowest BCUT2D eigenvalue weighted by molar-refractivity contribution is 0.578. The minimum atomic E-state index is 1.01. The summed E-state index contributed by atoms with van der Waals surface area (Å²) < 4.78 is 0. The maximum absolute atomic E-state index is 4.57. The van der Waals surface area contributed by atoms with E-state index < -0.39 is 0 Å². The van der Waals surface area contributed by atoms with Gasteiger partial charge in [0.2, 0.25) is 0 Å². The van der Waals surface area contributed by atoms with E-state index in [9.17, 15) is 0 Å². The molecule has 114 valence electrons. The standard InChI is InChI=1S/C19H22N2S/c1-22-19-11-5-16(6-12-19)15-20-17-7-9-18(10-8-17)21-13-3-2-4-14-21/h5-12,15H,2-4,13-14H2,1H3. The van der Waals surface area contributed by atoms with Crippen molar-refractivity contribution in [1.82, 2.24) is 0 Å². The third-order valence-electron chi connectivity index (χ3n) is 4.05. The number of piperidine rings is 1. The Bertz CT molecular complexity index is 611. The van der Waals surface area contributed by atoms with Gasteiger partial charge < -0.3 is 4.90 Å². The highest BCUT2D eigenvalue weighted by Gasteiger charge is 2.10. The van der Waals surface area contributed by atoms with Crippen LogP contribution in [-0.2, 0) is 0 Å². The maximum atomic E-state index is 4.57. The molecular weight excluding hydrogens is 288 g/mol. The van der Waals surface area contributed by atoms with Crippen molar-refractivity contribution in [3.05, 3.63) is 54.1 Å². The second-order valence-electron chi connectivity index (χ2n) is 5.60. The van der Waals surface area contributed by atoms with Gasteiger partial charge in [-0.3, -0.25) is 4.99 Å². The molecule has 1 fully saturated rings. The summed E-state index contributed by atoms with van der Waals surface area (Å²) in [4.78, 5) is 8.32. The summed E-state index contributed by atoms with van der Waals surface area (Å²) in [6, 6.07) is 17.1. The van der Waals surface area contributed by atoms with E-state index >= 15 is 0 Å². The Morgan fingerprint density at radius 2 is 1.59 bits per heavy atom. The number of nitrogens with zero attached hydrogens (tertiary/aromatic N) is 2. The third-order valence-corrected chi connectivity index (χ3v) is 4.79. The lowest BCUT2D eigenvalue weighted by Crippen LogP contribution is -2.29. The van der Waals surface area contributed by atoms with Gasteiger partial charge in [0.15, 0.2) is 0 Å². The van der Waals surface area contributed by atoms with E-state index in [0.717, 1.165) is 11.3 Å². The van der Waals surface area contributed by atoms with Crippen LogP contribution in [-0.4, -0.2) is 25.6 Å². The normalized spacial score (nSPS) is 15.4. The molecule has 0 saturated carbocycles. The first-order valence-corrected chi connectivity index (χ1v) is 9.11. The van der Waals surface area contributed by atoms with Crippen LogP contribution in [0.25, 0.3) is 0 Å². The summed E-state index contributed by atoms with van der Waals surface area (Å²) in [6.45, 7) is 2.37. The molecule has 1 aliphatic rings. The molecule has 0 aromatic heterocycles. The molecule has 0 unspecified atom stereocenters. The van der Waals surface area contributed by atoms with Gasteiger partial charge in [0.1, 0.15) is 0 Å². The molecule has 3 heteroatoms. The summed E-state index contributed by atoms with van der Waals surface area (Å²) in [6.07, 6.45) is 8.01. The predicted molar refractivity (Wildman–Crippen MR) is 98.0 cm³/mol. The zero-order chi connectivity index (χ0) is 15.2. The first-order chi connectivity index (χ1) is 10.8. The number of hydrogen-bond acceptors (Lipinski definition) is 3. The summed E-state index contributed by atoms with van der Waals surface area (Å²) in [5, 5.41) is 0. The molecule has 0 amide bonds. The summed E-state index contributed by atoms with van der Waals surface area (Å²) >= 11 is 1.76. The van der Waals surface area contributed by atoms with Gasteiger partial charge >= 0.3 is 0 Å². The summed E-state index contributed by atoms with van der Waals surface area (Å²) in [5.41, 5.74) is 3.47. The molecule has 1 saturated heterocycles. The molecule has 0 spiro atoms. The second kappa shape index (κ2) is 7.50. The van der Waals surface area contributed by atoms with Crippen molar-refractivity contribution in [3.8, 4) is 0 Å². The van der Waals surface area contributed by atoms with Crippen LogP contribution in [0.15, 0.2) is 58.4 Å². The van der Waals surface area contributed by atoms with Crippen LogP contribution in [0.4, 0.5) is 11.4 Å². The average molecular weight is 310 g/mol. The van der Waals surface area contributed by atoms with E-state index in [-0.39, 0.29) is 0 Å². The van der Waals surface area contributed by atoms with Crippen LogP contribution in [0, 0.1) is 0 Å². The number of benzene rings is 2. The molecule has 2 aromatic carbocycles. The molecule has 2 aromatic rings. The Hall–Kier alpha value is -1.74. The van der Waals surface area contributed by atoms with Crippen LogP contribution >= 0.6 is 11.8 Å². The monoisotopic (exact) mass is 310 g/mol. The molecule has 0 atom stereocenters.